The van der Waals surface area contributed by atoms with E-state index in [1.165, 1.54) is 10.8 Å². The van der Waals surface area contributed by atoms with Gasteiger partial charge >= 0.3 is 0 Å². The summed E-state index contributed by atoms with van der Waals surface area (Å²) < 4.78 is 8.02. The van der Waals surface area contributed by atoms with E-state index in [0.29, 0.717) is 33.8 Å². The zero-order valence-electron chi connectivity index (χ0n) is 17.4. The smallest absolute Gasteiger partial charge is 0.292 e. The number of ether oxygens (including phenoxy) is 1. The molecule has 5 rings (SSSR count). The molecule has 1 aliphatic rings. The van der Waals surface area contributed by atoms with Gasteiger partial charge in [-0.2, -0.15) is 5.10 Å². The molecule has 0 aliphatic carbocycles. The maximum Gasteiger partial charge on any atom is 0.292 e. The SMILES string of the molecule is Cc1cc2n(n1)C(C(=O)c1ccccc1)(c1ccccc1)OC(c1ccccc1)=CC2=O. The topological polar surface area (TPSA) is 61.2 Å². The predicted octanol–water partition coefficient (Wildman–Crippen LogP) is 5.03. The first-order valence-electron chi connectivity index (χ1n) is 10.3. The van der Waals surface area contributed by atoms with Gasteiger partial charge < -0.3 is 4.74 Å². The normalized spacial score (nSPS) is 17.7. The van der Waals surface area contributed by atoms with E-state index in [-0.39, 0.29) is 11.6 Å². The zero-order valence-corrected chi connectivity index (χ0v) is 17.4. The molecule has 0 radical (unpaired) electrons. The maximum atomic E-state index is 14.2. The molecule has 5 heteroatoms. The number of allylic oxidation sites excluding steroid dienone is 1. The van der Waals surface area contributed by atoms with Crippen LogP contribution in [-0.4, -0.2) is 21.3 Å². The van der Waals surface area contributed by atoms with Gasteiger partial charge in [0.15, 0.2) is 0 Å². The molecule has 1 aliphatic heterocycles. The number of carbonyl (C=O) groups excluding carboxylic acids is 2. The van der Waals surface area contributed by atoms with E-state index in [4.69, 9.17) is 4.74 Å². The Morgan fingerprint density at radius 1 is 0.875 bits per heavy atom. The van der Waals surface area contributed by atoms with Gasteiger partial charge in [-0.25, -0.2) is 4.68 Å². The Kier molecular flexibility index (Phi) is 4.79. The molecule has 0 N–H and O–H groups in total. The molecule has 4 aromatic rings. The summed E-state index contributed by atoms with van der Waals surface area (Å²) in [5.74, 6) is -0.278. The Morgan fingerprint density at radius 3 is 2.12 bits per heavy atom. The van der Waals surface area contributed by atoms with Crippen LogP contribution < -0.4 is 0 Å². The van der Waals surface area contributed by atoms with Crippen LogP contribution in [0.25, 0.3) is 5.76 Å². The Balaban J connectivity index is 1.84. The minimum Gasteiger partial charge on any atom is -0.453 e. The van der Waals surface area contributed by atoms with Crippen molar-refractivity contribution in [2.75, 3.05) is 0 Å². The van der Waals surface area contributed by atoms with Crippen molar-refractivity contribution in [3.8, 4) is 0 Å². The molecule has 0 bridgehead atoms. The molecule has 1 unspecified atom stereocenters. The third kappa shape index (κ3) is 3.15. The second-order valence-electron chi connectivity index (χ2n) is 7.63. The highest BCUT2D eigenvalue weighted by atomic mass is 16.5. The van der Waals surface area contributed by atoms with Crippen LogP contribution in [0.5, 0.6) is 0 Å². The van der Waals surface area contributed by atoms with E-state index in [1.807, 2.05) is 66.7 Å². The molecule has 3 aromatic carbocycles. The van der Waals surface area contributed by atoms with Gasteiger partial charge in [0.25, 0.3) is 5.72 Å². The van der Waals surface area contributed by atoms with Crippen LogP contribution >= 0.6 is 0 Å². The number of ketones is 2. The Bertz CT molecular complexity index is 1330. The molecule has 156 valence electrons. The first-order chi connectivity index (χ1) is 15.6. The van der Waals surface area contributed by atoms with Crippen LogP contribution in [0, 0.1) is 6.92 Å². The van der Waals surface area contributed by atoms with Crippen LogP contribution in [0.4, 0.5) is 0 Å². The Hall–Kier alpha value is -4.25. The van der Waals surface area contributed by atoms with Crippen LogP contribution in [-0.2, 0) is 10.5 Å². The summed E-state index contributed by atoms with van der Waals surface area (Å²) in [6, 6.07) is 29.1. The molecular weight excluding hydrogens is 400 g/mol. The molecule has 32 heavy (non-hydrogen) atoms. The molecule has 0 saturated carbocycles. The minimum absolute atomic E-state index is 0.275. The number of carbonyl (C=O) groups is 2. The molecule has 0 amide bonds. The van der Waals surface area contributed by atoms with Gasteiger partial charge in [0.2, 0.25) is 11.6 Å². The summed E-state index contributed by atoms with van der Waals surface area (Å²) in [6.07, 6.45) is 1.44. The van der Waals surface area contributed by atoms with E-state index in [0.717, 1.165) is 0 Å². The molecule has 0 fully saturated rings. The van der Waals surface area contributed by atoms with Gasteiger partial charge in [-0.05, 0) is 13.0 Å². The van der Waals surface area contributed by atoms with E-state index < -0.39 is 5.72 Å². The summed E-state index contributed by atoms with van der Waals surface area (Å²) in [4.78, 5) is 27.5. The van der Waals surface area contributed by atoms with E-state index in [2.05, 4.69) is 5.10 Å². The lowest BCUT2D eigenvalue weighted by Crippen LogP contribution is -2.46. The average molecular weight is 420 g/mol. The predicted molar refractivity (Wildman–Crippen MR) is 121 cm³/mol. The summed E-state index contributed by atoms with van der Waals surface area (Å²) in [5.41, 5.74) is 0.952. The molecule has 0 saturated heterocycles. The molecule has 1 atom stereocenters. The highest BCUT2D eigenvalue weighted by Gasteiger charge is 2.50. The highest BCUT2D eigenvalue weighted by Crippen LogP contribution is 2.39. The zero-order chi connectivity index (χ0) is 22.1. The van der Waals surface area contributed by atoms with Crippen molar-refractivity contribution >= 4 is 17.3 Å². The van der Waals surface area contributed by atoms with Crippen molar-refractivity contribution in [3.63, 3.8) is 0 Å². The van der Waals surface area contributed by atoms with Crippen LogP contribution in [0.1, 0.15) is 37.7 Å². The van der Waals surface area contributed by atoms with Gasteiger partial charge in [0, 0.05) is 22.8 Å². The quantitative estimate of drug-likeness (QED) is 0.435. The Labute approximate surface area is 185 Å². The molecule has 1 aromatic heterocycles. The lowest BCUT2D eigenvalue weighted by atomic mass is 9.92. The number of Topliss-reactive ketones (excluding diaryl/α,β-unsaturated/α-hetero) is 1. The fourth-order valence-corrected chi connectivity index (χ4v) is 3.99. The van der Waals surface area contributed by atoms with Crippen molar-refractivity contribution in [1.82, 2.24) is 9.78 Å². The monoisotopic (exact) mass is 420 g/mol. The van der Waals surface area contributed by atoms with Gasteiger partial charge in [-0.15, -0.1) is 0 Å². The van der Waals surface area contributed by atoms with E-state index in [1.54, 1.807) is 37.3 Å². The molecule has 0 spiro atoms. The van der Waals surface area contributed by atoms with E-state index >= 15 is 0 Å². The largest absolute Gasteiger partial charge is 0.453 e. The lowest BCUT2D eigenvalue weighted by Gasteiger charge is -2.34. The van der Waals surface area contributed by atoms with Crippen LogP contribution in [0.2, 0.25) is 0 Å². The van der Waals surface area contributed by atoms with Crippen molar-refractivity contribution in [2.45, 2.75) is 12.6 Å². The van der Waals surface area contributed by atoms with Crippen molar-refractivity contribution in [2.24, 2.45) is 0 Å². The van der Waals surface area contributed by atoms with Crippen molar-refractivity contribution < 1.29 is 14.3 Å². The standard InChI is InChI=1S/C27H20N2O3/c1-19-17-23-24(30)18-25(20-11-5-2-6-12-20)32-27(29(23)28-19,22-15-9-4-10-16-22)26(31)21-13-7-3-8-14-21/h2-18H,1H3. The number of aromatic nitrogens is 2. The number of benzene rings is 3. The second kappa shape index (κ2) is 7.78. The van der Waals surface area contributed by atoms with Crippen LogP contribution in [0.15, 0.2) is 103 Å². The third-order valence-electron chi connectivity index (χ3n) is 5.47. The van der Waals surface area contributed by atoms with Crippen molar-refractivity contribution in [3.05, 3.63) is 131 Å². The number of hydrogen-bond donors (Lipinski definition) is 0. The number of aryl methyl sites for hydroxylation is 1. The van der Waals surface area contributed by atoms with E-state index in [9.17, 15) is 9.59 Å². The van der Waals surface area contributed by atoms with Gasteiger partial charge in [0.1, 0.15) is 11.5 Å². The first kappa shape index (κ1) is 19.7. The number of hydrogen-bond acceptors (Lipinski definition) is 4. The minimum atomic E-state index is -1.69. The lowest BCUT2D eigenvalue weighted by molar-refractivity contribution is 0.00551. The second-order valence-corrected chi connectivity index (χ2v) is 7.63. The van der Waals surface area contributed by atoms with Gasteiger partial charge in [-0.3, -0.25) is 9.59 Å². The fourth-order valence-electron chi connectivity index (χ4n) is 3.99. The fraction of sp³-hybridized carbons (Fsp3) is 0.0741. The Morgan fingerprint density at radius 2 is 1.47 bits per heavy atom. The number of rotatable bonds is 4. The summed E-state index contributed by atoms with van der Waals surface area (Å²) in [7, 11) is 0. The molecule has 2 heterocycles. The number of fused-ring (bicyclic) bond motifs is 1. The maximum absolute atomic E-state index is 14.2. The van der Waals surface area contributed by atoms with Crippen molar-refractivity contribution in [1.29, 1.82) is 0 Å². The molecule has 5 nitrogen and oxygen atoms in total. The van der Waals surface area contributed by atoms with Gasteiger partial charge in [0.05, 0.1) is 5.69 Å². The van der Waals surface area contributed by atoms with Crippen LogP contribution in [0.3, 0.4) is 0 Å². The van der Waals surface area contributed by atoms with Gasteiger partial charge in [-0.1, -0.05) is 91.0 Å². The third-order valence-corrected chi connectivity index (χ3v) is 5.47. The average Bonchev–Trinajstić information content (AvgIpc) is 3.20. The molecular formula is C27H20N2O3. The highest BCUT2D eigenvalue weighted by molar-refractivity contribution is 6.10. The summed E-state index contributed by atoms with van der Waals surface area (Å²) in [6.45, 7) is 1.79. The first-order valence-corrected chi connectivity index (χ1v) is 10.3. The number of nitrogens with zero attached hydrogens (tertiary/aromatic N) is 2. The summed E-state index contributed by atoms with van der Waals surface area (Å²) in [5, 5.41) is 4.58. The summed E-state index contributed by atoms with van der Waals surface area (Å²) >= 11 is 0.